The van der Waals surface area contributed by atoms with Gasteiger partial charge in [0.15, 0.2) is 0 Å². The van der Waals surface area contributed by atoms with Crippen LogP contribution in [-0.4, -0.2) is 12.4 Å². The normalized spacial score (nSPS) is 19.8. The van der Waals surface area contributed by atoms with Gasteiger partial charge in [-0.05, 0) is 18.6 Å². The van der Waals surface area contributed by atoms with Gasteiger partial charge in [-0.2, -0.15) is 13.2 Å². The van der Waals surface area contributed by atoms with Crippen LogP contribution in [0.1, 0.15) is 12.0 Å². The number of allylic oxidation sites excluding steroid dienone is 1. The van der Waals surface area contributed by atoms with Gasteiger partial charge in [0, 0.05) is 17.8 Å². The summed E-state index contributed by atoms with van der Waals surface area (Å²) in [5, 5.41) is 0. The van der Waals surface area contributed by atoms with Crippen molar-refractivity contribution in [2.24, 2.45) is 10.9 Å². The largest absolute Gasteiger partial charge is 0.396 e. The summed E-state index contributed by atoms with van der Waals surface area (Å²) in [4.78, 5) is 3.59. The van der Waals surface area contributed by atoms with Crippen LogP contribution in [-0.2, 0) is 0 Å². The Kier molecular flexibility index (Phi) is 3.19. The van der Waals surface area contributed by atoms with Crippen LogP contribution >= 0.6 is 0 Å². The molecule has 0 radical (unpaired) electrons. The molecule has 1 aromatic rings. The van der Waals surface area contributed by atoms with Crippen LogP contribution < -0.4 is 0 Å². The fourth-order valence-electron chi connectivity index (χ4n) is 1.62. The van der Waals surface area contributed by atoms with Crippen molar-refractivity contribution < 1.29 is 22.0 Å². The third-order valence-electron chi connectivity index (χ3n) is 2.59. The lowest BCUT2D eigenvalue weighted by atomic mass is 10.0. The summed E-state index contributed by atoms with van der Waals surface area (Å²) in [7, 11) is 0. The molecule has 96 valence electrons. The number of hydrogen-bond acceptors (Lipinski definition) is 1. The minimum absolute atomic E-state index is 0.00623. The van der Waals surface area contributed by atoms with Crippen molar-refractivity contribution in [1.82, 2.24) is 0 Å². The van der Waals surface area contributed by atoms with E-state index >= 15 is 0 Å². The van der Waals surface area contributed by atoms with Gasteiger partial charge in [0.25, 0.3) is 0 Å². The van der Waals surface area contributed by atoms with Crippen molar-refractivity contribution in [3.8, 4) is 0 Å². The predicted molar refractivity (Wildman–Crippen MR) is 57.0 cm³/mol. The van der Waals surface area contributed by atoms with Crippen LogP contribution in [0.15, 0.2) is 29.3 Å². The maximum absolute atomic E-state index is 13.4. The topological polar surface area (TPSA) is 12.4 Å². The molecule has 1 aliphatic heterocycles. The highest BCUT2D eigenvalue weighted by atomic mass is 19.4. The molecule has 1 aromatic carbocycles. The van der Waals surface area contributed by atoms with Gasteiger partial charge in [-0.15, -0.1) is 0 Å². The molecule has 0 unspecified atom stereocenters. The Hall–Kier alpha value is -1.72. The second-order valence-corrected chi connectivity index (χ2v) is 3.88. The number of benzene rings is 1. The van der Waals surface area contributed by atoms with E-state index in [9.17, 15) is 22.0 Å². The standard InChI is InChI=1S/C12H8F5N/c13-8-2-3-9(10(14)5-8)11-4-1-7(6-18-11)12(15,16)17/h2-7H,1H2/t7-/m1/s1. The van der Waals surface area contributed by atoms with Gasteiger partial charge >= 0.3 is 6.18 Å². The van der Waals surface area contributed by atoms with Crippen LogP contribution in [0.2, 0.25) is 0 Å². The molecule has 1 aliphatic rings. The van der Waals surface area contributed by atoms with Gasteiger partial charge in [-0.25, -0.2) is 8.78 Å². The van der Waals surface area contributed by atoms with E-state index in [0.29, 0.717) is 6.07 Å². The Labute approximate surface area is 99.6 Å². The quantitative estimate of drug-likeness (QED) is 0.678. The molecule has 6 heteroatoms. The zero-order chi connectivity index (χ0) is 13.3. The fraction of sp³-hybridized carbons (Fsp3) is 0.250. The number of nitrogens with zero attached hydrogens (tertiary/aromatic N) is 1. The molecule has 1 heterocycles. The number of hydrogen-bond donors (Lipinski definition) is 0. The Bertz CT molecular complexity index is 516. The van der Waals surface area contributed by atoms with E-state index in [1.54, 1.807) is 0 Å². The van der Waals surface area contributed by atoms with Gasteiger partial charge in [0.1, 0.15) is 11.6 Å². The first kappa shape index (κ1) is 12.7. The molecule has 0 bridgehead atoms. The zero-order valence-electron chi connectivity index (χ0n) is 9.01. The molecule has 0 amide bonds. The van der Waals surface area contributed by atoms with Crippen molar-refractivity contribution in [3.05, 3.63) is 41.5 Å². The van der Waals surface area contributed by atoms with Crippen LogP contribution in [0.4, 0.5) is 22.0 Å². The Balaban J connectivity index is 2.23. The number of alkyl halides is 3. The van der Waals surface area contributed by atoms with Crippen molar-refractivity contribution in [3.63, 3.8) is 0 Å². The average molecular weight is 261 g/mol. The lowest BCUT2D eigenvalue weighted by Crippen LogP contribution is -2.25. The summed E-state index contributed by atoms with van der Waals surface area (Å²) in [6.45, 7) is 0. The van der Waals surface area contributed by atoms with Gasteiger partial charge in [-0.1, -0.05) is 6.08 Å². The highest BCUT2D eigenvalue weighted by molar-refractivity contribution is 5.78. The highest BCUT2D eigenvalue weighted by Crippen LogP contribution is 2.33. The van der Waals surface area contributed by atoms with Gasteiger partial charge < -0.3 is 0 Å². The first-order chi connectivity index (χ1) is 8.38. The number of rotatable bonds is 1. The molecule has 0 aliphatic carbocycles. The summed E-state index contributed by atoms with van der Waals surface area (Å²) in [6.07, 6.45) is -2.70. The third-order valence-corrected chi connectivity index (χ3v) is 2.59. The van der Waals surface area contributed by atoms with E-state index in [-0.39, 0.29) is 17.7 Å². The molecule has 2 rings (SSSR count). The van der Waals surface area contributed by atoms with Crippen molar-refractivity contribution >= 4 is 11.9 Å². The molecular weight excluding hydrogens is 253 g/mol. The summed E-state index contributed by atoms with van der Waals surface area (Å²) < 4.78 is 63.2. The number of aliphatic imine (C=N–C) groups is 1. The Morgan fingerprint density at radius 3 is 2.39 bits per heavy atom. The average Bonchev–Trinajstić information content (AvgIpc) is 2.28. The summed E-state index contributed by atoms with van der Waals surface area (Å²) in [5.41, 5.74) is 0.0845. The van der Waals surface area contributed by atoms with Crippen LogP contribution in [0.5, 0.6) is 0 Å². The second-order valence-electron chi connectivity index (χ2n) is 3.88. The second kappa shape index (κ2) is 4.51. The predicted octanol–water partition coefficient (Wildman–Crippen LogP) is 3.96. The SMILES string of the molecule is Fc1ccc(C2=CC[C@@H](C(F)(F)F)C=N2)c(F)c1. The van der Waals surface area contributed by atoms with E-state index < -0.39 is 23.7 Å². The first-order valence-corrected chi connectivity index (χ1v) is 5.14. The minimum Gasteiger partial charge on any atom is -0.260 e. The molecule has 0 spiro atoms. The summed E-state index contributed by atoms with van der Waals surface area (Å²) in [5.74, 6) is -3.24. The van der Waals surface area contributed by atoms with E-state index in [2.05, 4.69) is 4.99 Å². The van der Waals surface area contributed by atoms with Gasteiger partial charge in [-0.3, -0.25) is 4.99 Å². The zero-order valence-corrected chi connectivity index (χ0v) is 9.01. The lowest BCUT2D eigenvalue weighted by Gasteiger charge is -2.18. The third kappa shape index (κ3) is 2.57. The molecule has 0 N–H and O–H groups in total. The smallest absolute Gasteiger partial charge is 0.260 e. The maximum Gasteiger partial charge on any atom is 0.396 e. The maximum atomic E-state index is 13.4. The van der Waals surface area contributed by atoms with E-state index in [4.69, 9.17) is 0 Å². The Morgan fingerprint density at radius 2 is 1.89 bits per heavy atom. The Morgan fingerprint density at radius 1 is 1.17 bits per heavy atom. The molecule has 1 nitrogen and oxygen atoms in total. The van der Waals surface area contributed by atoms with Crippen LogP contribution in [0.25, 0.3) is 5.70 Å². The molecular formula is C12H8F5N. The van der Waals surface area contributed by atoms with Gasteiger partial charge in [0.2, 0.25) is 0 Å². The molecule has 0 aromatic heterocycles. The van der Waals surface area contributed by atoms with Gasteiger partial charge in [0.05, 0.1) is 11.6 Å². The fourth-order valence-corrected chi connectivity index (χ4v) is 1.62. The van der Waals surface area contributed by atoms with Crippen molar-refractivity contribution in [1.29, 1.82) is 0 Å². The first-order valence-electron chi connectivity index (χ1n) is 5.14. The minimum atomic E-state index is -4.35. The monoisotopic (exact) mass is 261 g/mol. The molecule has 0 saturated carbocycles. The summed E-state index contributed by atoms with van der Waals surface area (Å²) in [6, 6.07) is 2.86. The molecule has 0 fully saturated rings. The van der Waals surface area contributed by atoms with E-state index in [1.165, 1.54) is 6.08 Å². The van der Waals surface area contributed by atoms with Crippen molar-refractivity contribution in [2.45, 2.75) is 12.6 Å². The molecule has 1 atom stereocenters. The lowest BCUT2D eigenvalue weighted by molar-refractivity contribution is -0.153. The number of halogens is 5. The van der Waals surface area contributed by atoms with E-state index in [0.717, 1.165) is 18.3 Å². The summed E-state index contributed by atoms with van der Waals surface area (Å²) >= 11 is 0. The van der Waals surface area contributed by atoms with Crippen molar-refractivity contribution in [2.75, 3.05) is 0 Å². The van der Waals surface area contributed by atoms with Crippen LogP contribution in [0.3, 0.4) is 0 Å². The molecule has 0 saturated heterocycles. The van der Waals surface area contributed by atoms with Crippen LogP contribution in [0, 0.1) is 17.6 Å². The molecule has 18 heavy (non-hydrogen) atoms. The highest BCUT2D eigenvalue weighted by Gasteiger charge is 2.38. The van der Waals surface area contributed by atoms with E-state index in [1.807, 2.05) is 0 Å².